The van der Waals surface area contributed by atoms with E-state index in [-0.39, 0.29) is 11.3 Å². The highest BCUT2D eigenvalue weighted by Crippen LogP contribution is 2.27. The molecule has 0 aromatic carbocycles. The van der Waals surface area contributed by atoms with Gasteiger partial charge in [0.05, 0.1) is 13.2 Å². The highest BCUT2D eigenvalue weighted by Gasteiger charge is 2.32. The summed E-state index contributed by atoms with van der Waals surface area (Å²) in [7, 11) is 4.25. The molecule has 1 aromatic rings. The van der Waals surface area contributed by atoms with Crippen molar-refractivity contribution in [3.63, 3.8) is 0 Å². The second-order valence-corrected chi connectivity index (χ2v) is 10.5. The number of hydrogen-bond donors (Lipinski definition) is 1. The number of nitrogens with zero attached hydrogens (tertiary/aromatic N) is 4. The summed E-state index contributed by atoms with van der Waals surface area (Å²) in [5, 5.41) is 8.64. The average Bonchev–Trinajstić information content (AvgIpc) is 3.03. The number of ether oxygens (including phenoxy) is 1. The van der Waals surface area contributed by atoms with E-state index < -0.39 is 0 Å². The van der Waals surface area contributed by atoms with Crippen LogP contribution in [0.1, 0.15) is 55.9 Å². The molecule has 0 bridgehead atoms. The number of amides is 1. The highest BCUT2D eigenvalue weighted by molar-refractivity contribution is 5.94. The van der Waals surface area contributed by atoms with Gasteiger partial charge in [-0.15, -0.1) is 0 Å². The maximum absolute atomic E-state index is 13.3. The van der Waals surface area contributed by atoms with Crippen LogP contribution in [0.5, 0.6) is 0 Å². The van der Waals surface area contributed by atoms with Crippen LogP contribution in [0.2, 0.25) is 0 Å². The van der Waals surface area contributed by atoms with E-state index in [0.29, 0.717) is 44.0 Å². The minimum absolute atomic E-state index is 0.0747. The fraction of sp³-hybridized carbons (Fsp3) is 0.826. The quantitative estimate of drug-likeness (QED) is 0.699. The summed E-state index contributed by atoms with van der Waals surface area (Å²) >= 11 is 0. The first-order chi connectivity index (χ1) is 14.2. The molecule has 1 aliphatic heterocycles. The predicted octanol–water partition coefficient (Wildman–Crippen LogP) is 2.05. The van der Waals surface area contributed by atoms with Gasteiger partial charge in [0.1, 0.15) is 0 Å². The van der Waals surface area contributed by atoms with E-state index in [0.717, 1.165) is 38.9 Å². The predicted molar refractivity (Wildman–Crippen MR) is 120 cm³/mol. The van der Waals surface area contributed by atoms with Crippen LogP contribution in [0.3, 0.4) is 0 Å². The number of carbonyl (C=O) groups excluding carboxylic acids is 1. The molecule has 2 heterocycles. The van der Waals surface area contributed by atoms with Crippen molar-refractivity contribution in [2.45, 2.75) is 59.5 Å². The van der Waals surface area contributed by atoms with Gasteiger partial charge in [0.15, 0.2) is 5.69 Å². The van der Waals surface area contributed by atoms with E-state index in [4.69, 9.17) is 9.84 Å². The minimum atomic E-state index is 0.0747. The lowest BCUT2D eigenvalue weighted by Crippen LogP contribution is -2.44. The van der Waals surface area contributed by atoms with Gasteiger partial charge in [-0.1, -0.05) is 27.7 Å². The largest absolute Gasteiger partial charge is 0.378 e. The van der Waals surface area contributed by atoms with E-state index in [1.54, 1.807) is 0 Å². The molecule has 1 aromatic heterocycles. The zero-order chi connectivity index (χ0) is 21.9. The Labute approximate surface area is 182 Å². The molecule has 0 saturated carbocycles. The van der Waals surface area contributed by atoms with Crippen molar-refractivity contribution in [2.75, 3.05) is 53.5 Å². The van der Waals surface area contributed by atoms with Crippen LogP contribution in [0.15, 0.2) is 0 Å². The molecule has 7 nitrogen and oxygen atoms in total. The van der Waals surface area contributed by atoms with Crippen LogP contribution in [-0.2, 0) is 24.1 Å². The molecule has 1 fully saturated rings. The number of rotatable bonds is 8. The molecule has 1 amide bonds. The van der Waals surface area contributed by atoms with Crippen molar-refractivity contribution in [2.24, 2.45) is 11.3 Å². The molecule has 0 radical (unpaired) electrons. The monoisotopic (exact) mass is 419 g/mol. The van der Waals surface area contributed by atoms with Gasteiger partial charge in [-0.25, -0.2) is 0 Å². The standard InChI is InChI=1S/C23H41N5O2/c1-17(2)14-28-20-8-7-18(24-15-23(3,4)16-26(5)6)13-19(20)21(25-28)22(29)27-9-11-30-12-10-27/h17-18,24H,7-16H2,1-6H3/t18-/m0/s1. The molecule has 3 rings (SSSR count). The summed E-state index contributed by atoms with van der Waals surface area (Å²) in [5.41, 5.74) is 3.32. The molecule has 1 atom stereocenters. The molecule has 1 N–H and O–H groups in total. The number of hydrogen-bond acceptors (Lipinski definition) is 5. The Balaban J connectivity index is 1.76. The number of carbonyl (C=O) groups is 1. The lowest BCUT2D eigenvalue weighted by Gasteiger charge is -2.32. The Bertz CT molecular complexity index is 719. The van der Waals surface area contributed by atoms with Gasteiger partial charge in [0.25, 0.3) is 5.91 Å². The first kappa shape index (κ1) is 23.2. The molecule has 0 spiro atoms. The van der Waals surface area contributed by atoms with Crippen molar-refractivity contribution in [1.82, 2.24) is 24.9 Å². The Morgan fingerprint density at radius 2 is 2.00 bits per heavy atom. The number of nitrogens with one attached hydrogen (secondary N) is 1. The Morgan fingerprint density at radius 3 is 2.63 bits per heavy atom. The maximum Gasteiger partial charge on any atom is 0.274 e. The topological polar surface area (TPSA) is 62.6 Å². The zero-order valence-electron chi connectivity index (χ0n) is 19.8. The van der Waals surface area contributed by atoms with Crippen molar-refractivity contribution < 1.29 is 9.53 Å². The number of aromatic nitrogens is 2. The molecule has 1 saturated heterocycles. The third-order valence-electron chi connectivity index (χ3n) is 6.00. The molecule has 2 aliphatic rings. The van der Waals surface area contributed by atoms with Crippen LogP contribution in [0.25, 0.3) is 0 Å². The van der Waals surface area contributed by atoms with Gasteiger partial charge in [-0.05, 0) is 44.7 Å². The molecule has 30 heavy (non-hydrogen) atoms. The Hall–Kier alpha value is -1.44. The van der Waals surface area contributed by atoms with Gasteiger partial charge >= 0.3 is 0 Å². The number of morpholine rings is 1. The first-order valence-corrected chi connectivity index (χ1v) is 11.5. The molecule has 170 valence electrons. The van der Waals surface area contributed by atoms with Gasteiger partial charge < -0.3 is 19.9 Å². The smallest absolute Gasteiger partial charge is 0.274 e. The Morgan fingerprint density at radius 1 is 1.30 bits per heavy atom. The van der Waals surface area contributed by atoms with Gasteiger partial charge in [0, 0.05) is 50.0 Å². The van der Waals surface area contributed by atoms with E-state index in [9.17, 15) is 4.79 Å². The van der Waals surface area contributed by atoms with E-state index in [1.807, 2.05) is 4.90 Å². The van der Waals surface area contributed by atoms with Crippen LogP contribution < -0.4 is 5.32 Å². The third kappa shape index (κ3) is 5.83. The fourth-order valence-corrected chi connectivity index (χ4v) is 4.78. The van der Waals surface area contributed by atoms with Gasteiger partial charge in [-0.2, -0.15) is 5.10 Å². The SMILES string of the molecule is CC(C)Cn1nc(C(=O)N2CCOCC2)c2c1CC[C@H](NCC(C)(C)CN(C)C)C2. The second-order valence-electron chi connectivity index (χ2n) is 10.5. The zero-order valence-corrected chi connectivity index (χ0v) is 19.8. The van der Waals surface area contributed by atoms with Crippen LogP contribution in [0, 0.1) is 11.3 Å². The third-order valence-corrected chi connectivity index (χ3v) is 6.00. The van der Waals surface area contributed by atoms with E-state index >= 15 is 0 Å². The molecule has 7 heteroatoms. The van der Waals surface area contributed by atoms with Crippen LogP contribution in [-0.4, -0.2) is 85.0 Å². The van der Waals surface area contributed by atoms with Crippen LogP contribution >= 0.6 is 0 Å². The van der Waals surface area contributed by atoms with E-state index in [2.05, 4.69) is 56.7 Å². The van der Waals surface area contributed by atoms with Crippen molar-refractivity contribution >= 4 is 5.91 Å². The lowest BCUT2D eigenvalue weighted by molar-refractivity contribution is 0.0297. The fourth-order valence-electron chi connectivity index (χ4n) is 4.78. The first-order valence-electron chi connectivity index (χ1n) is 11.5. The summed E-state index contributed by atoms with van der Waals surface area (Å²) in [6, 6.07) is 0.395. The summed E-state index contributed by atoms with van der Waals surface area (Å²) in [4.78, 5) is 17.4. The summed E-state index contributed by atoms with van der Waals surface area (Å²) < 4.78 is 7.54. The van der Waals surface area contributed by atoms with Gasteiger partial charge in [-0.3, -0.25) is 9.48 Å². The minimum Gasteiger partial charge on any atom is -0.378 e. The molecular weight excluding hydrogens is 378 g/mol. The molecular formula is C23H41N5O2. The summed E-state index contributed by atoms with van der Waals surface area (Å²) in [6.07, 6.45) is 2.97. The maximum atomic E-state index is 13.3. The number of fused-ring (bicyclic) bond motifs is 1. The summed E-state index contributed by atoms with van der Waals surface area (Å²) in [6.45, 7) is 14.5. The van der Waals surface area contributed by atoms with Crippen molar-refractivity contribution in [1.29, 1.82) is 0 Å². The molecule has 0 unspecified atom stereocenters. The van der Waals surface area contributed by atoms with Gasteiger partial charge in [0.2, 0.25) is 0 Å². The average molecular weight is 420 g/mol. The van der Waals surface area contributed by atoms with Crippen molar-refractivity contribution in [3.05, 3.63) is 17.0 Å². The normalized spacial score (nSPS) is 20.1. The molecule has 1 aliphatic carbocycles. The Kier molecular flexibility index (Phi) is 7.58. The second kappa shape index (κ2) is 9.79. The highest BCUT2D eigenvalue weighted by atomic mass is 16.5. The lowest BCUT2D eigenvalue weighted by atomic mass is 9.88. The van der Waals surface area contributed by atoms with Crippen molar-refractivity contribution in [3.8, 4) is 0 Å². The summed E-state index contributed by atoms with van der Waals surface area (Å²) in [5.74, 6) is 0.577. The van der Waals surface area contributed by atoms with E-state index in [1.165, 1.54) is 11.3 Å². The van der Waals surface area contributed by atoms with Crippen LogP contribution in [0.4, 0.5) is 0 Å².